The molecule has 0 aliphatic carbocycles. The van der Waals surface area contributed by atoms with Crippen molar-refractivity contribution in [3.05, 3.63) is 59.2 Å². The fraction of sp³-hybridized carbons (Fsp3) is 0.391. The Morgan fingerprint density at radius 2 is 1.59 bits per heavy atom. The van der Waals surface area contributed by atoms with Crippen LogP contribution < -0.4 is 4.74 Å². The number of amides is 2. The predicted molar refractivity (Wildman–Crippen MR) is 117 cm³/mol. The number of ether oxygens (including phenoxy) is 1. The fourth-order valence-electron chi connectivity index (χ4n) is 3.29. The molecular formula is C23H28N2O3S. The number of rotatable bonds is 6. The first-order valence-electron chi connectivity index (χ1n) is 9.89. The molecule has 1 aliphatic heterocycles. The molecule has 1 saturated heterocycles. The number of methoxy groups -OCH3 is 1. The Morgan fingerprint density at radius 1 is 0.931 bits per heavy atom. The maximum Gasteiger partial charge on any atom is 0.253 e. The van der Waals surface area contributed by atoms with Gasteiger partial charge in [0.1, 0.15) is 5.75 Å². The first-order valence-corrected chi connectivity index (χ1v) is 10.9. The Kier molecular flexibility index (Phi) is 7.20. The van der Waals surface area contributed by atoms with Crippen LogP contribution in [-0.4, -0.2) is 60.7 Å². The Hall–Kier alpha value is -2.47. The van der Waals surface area contributed by atoms with E-state index in [9.17, 15) is 9.59 Å². The first-order chi connectivity index (χ1) is 14.0. The number of thioether (sulfide) groups is 1. The molecule has 0 saturated carbocycles. The van der Waals surface area contributed by atoms with Crippen LogP contribution in [0.4, 0.5) is 0 Å². The van der Waals surface area contributed by atoms with Gasteiger partial charge < -0.3 is 14.5 Å². The van der Waals surface area contributed by atoms with Crippen LogP contribution in [0.3, 0.4) is 0 Å². The Morgan fingerprint density at radius 3 is 2.21 bits per heavy atom. The molecule has 154 valence electrons. The van der Waals surface area contributed by atoms with Crippen molar-refractivity contribution in [3.8, 4) is 5.75 Å². The molecule has 0 N–H and O–H groups in total. The summed E-state index contributed by atoms with van der Waals surface area (Å²) in [4.78, 5) is 30.0. The van der Waals surface area contributed by atoms with Crippen LogP contribution in [0.2, 0.25) is 0 Å². The number of aryl methyl sites for hydroxylation is 2. The minimum Gasteiger partial charge on any atom is -0.497 e. The van der Waals surface area contributed by atoms with Gasteiger partial charge in [-0.15, -0.1) is 11.8 Å². The van der Waals surface area contributed by atoms with Gasteiger partial charge in [-0.2, -0.15) is 0 Å². The molecule has 0 unspecified atom stereocenters. The summed E-state index contributed by atoms with van der Waals surface area (Å²) in [5.41, 5.74) is 3.21. The highest BCUT2D eigenvalue weighted by Crippen LogP contribution is 2.22. The molecule has 1 heterocycles. The molecule has 0 aromatic heterocycles. The number of hydrogen-bond donors (Lipinski definition) is 0. The second-order valence-electron chi connectivity index (χ2n) is 7.25. The molecule has 5 nitrogen and oxygen atoms in total. The summed E-state index contributed by atoms with van der Waals surface area (Å²) in [6.07, 6.45) is 0.518. The van der Waals surface area contributed by atoms with Crippen molar-refractivity contribution in [1.29, 1.82) is 0 Å². The van der Waals surface area contributed by atoms with Crippen LogP contribution in [0.1, 0.15) is 27.9 Å². The highest BCUT2D eigenvalue weighted by Gasteiger charge is 2.24. The summed E-state index contributed by atoms with van der Waals surface area (Å²) in [5.74, 6) is 1.67. The molecule has 29 heavy (non-hydrogen) atoms. The van der Waals surface area contributed by atoms with Crippen molar-refractivity contribution < 1.29 is 14.3 Å². The van der Waals surface area contributed by atoms with Crippen molar-refractivity contribution in [2.75, 3.05) is 39.0 Å². The summed E-state index contributed by atoms with van der Waals surface area (Å²) in [7, 11) is 1.60. The van der Waals surface area contributed by atoms with E-state index < -0.39 is 0 Å². The lowest BCUT2D eigenvalue weighted by atomic mass is 10.1. The predicted octanol–water partition coefficient (Wildman–Crippen LogP) is 3.78. The second kappa shape index (κ2) is 9.83. The zero-order valence-corrected chi connectivity index (χ0v) is 18.1. The standard InChI is InChI=1S/C23H28N2O3S/c1-17-4-9-21(16-18(17)2)29-15-10-22(26)24-11-13-25(14-12-24)23(27)19-5-7-20(28-3)8-6-19/h4-9,16H,10-15H2,1-3H3. The van der Waals surface area contributed by atoms with Crippen LogP contribution in [0, 0.1) is 13.8 Å². The average Bonchev–Trinajstić information content (AvgIpc) is 2.76. The zero-order chi connectivity index (χ0) is 20.8. The van der Waals surface area contributed by atoms with Gasteiger partial charge in [0.25, 0.3) is 5.91 Å². The van der Waals surface area contributed by atoms with Gasteiger partial charge in [0.15, 0.2) is 0 Å². The largest absolute Gasteiger partial charge is 0.497 e. The summed E-state index contributed by atoms with van der Waals surface area (Å²) in [5, 5.41) is 0. The monoisotopic (exact) mass is 412 g/mol. The maximum absolute atomic E-state index is 12.6. The van der Waals surface area contributed by atoms with E-state index in [1.165, 1.54) is 16.0 Å². The van der Waals surface area contributed by atoms with Crippen molar-refractivity contribution >= 4 is 23.6 Å². The molecule has 2 aromatic carbocycles. The van der Waals surface area contributed by atoms with Crippen LogP contribution in [0.5, 0.6) is 5.75 Å². The van der Waals surface area contributed by atoms with E-state index in [0.29, 0.717) is 38.2 Å². The van der Waals surface area contributed by atoms with E-state index in [4.69, 9.17) is 4.74 Å². The quantitative estimate of drug-likeness (QED) is 0.678. The maximum atomic E-state index is 12.6. The molecule has 0 atom stereocenters. The van der Waals surface area contributed by atoms with Gasteiger partial charge in [0, 0.05) is 48.8 Å². The number of piperazine rings is 1. The highest BCUT2D eigenvalue weighted by atomic mass is 32.2. The van der Waals surface area contributed by atoms with Gasteiger partial charge in [-0.05, 0) is 61.4 Å². The van der Waals surface area contributed by atoms with Crippen LogP contribution in [0.15, 0.2) is 47.4 Å². The minimum atomic E-state index is 0.00467. The minimum absolute atomic E-state index is 0.00467. The van der Waals surface area contributed by atoms with Crippen molar-refractivity contribution in [2.45, 2.75) is 25.2 Å². The summed E-state index contributed by atoms with van der Waals surface area (Å²) >= 11 is 1.72. The van der Waals surface area contributed by atoms with Crippen molar-refractivity contribution in [3.63, 3.8) is 0 Å². The third kappa shape index (κ3) is 5.54. The Labute approximate surface area is 177 Å². The SMILES string of the molecule is COc1ccc(C(=O)N2CCN(C(=O)CCSc3ccc(C)c(C)c3)CC2)cc1. The van der Waals surface area contributed by atoms with Crippen LogP contribution >= 0.6 is 11.8 Å². The molecule has 0 bridgehead atoms. The first kappa shape index (κ1) is 21.2. The van der Waals surface area contributed by atoms with Crippen LogP contribution in [-0.2, 0) is 4.79 Å². The number of carbonyl (C=O) groups is 2. The lowest BCUT2D eigenvalue weighted by molar-refractivity contribution is -0.132. The molecule has 0 spiro atoms. The summed E-state index contributed by atoms with van der Waals surface area (Å²) < 4.78 is 5.14. The number of carbonyl (C=O) groups excluding carboxylic acids is 2. The van der Waals surface area contributed by atoms with Gasteiger partial charge in [0.2, 0.25) is 5.91 Å². The lowest BCUT2D eigenvalue weighted by Crippen LogP contribution is -2.50. The highest BCUT2D eigenvalue weighted by molar-refractivity contribution is 7.99. The normalized spacial score (nSPS) is 14.0. The van der Waals surface area contributed by atoms with Gasteiger partial charge in [-0.1, -0.05) is 6.07 Å². The summed E-state index contributed by atoms with van der Waals surface area (Å²) in [6, 6.07) is 13.6. The number of benzene rings is 2. The van der Waals surface area contributed by atoms with E-state index >= 15 is 0 Å². The van der Waals surface area contributed by atoms with E-state index in [-0.39, 0.29) is 11.8 Å². The fourth-order valence-corrected chi connectivity index (χ4v) is 4.23. The van der Waals surface area contributed by atoms with Gasteiger partial charge in [-0.3, -0.25) is 9.59 Å². The molecule has 2 aromatic rings. The number of hydrogen-bond acceptors (Lipinski definition) is 4. The van der Waals surface area contributed by atoms with E-state index in [1.54, 1.807) is 43.1 Å². The Balaban J connectivity index is 1.43. The third-order valence-electron chi connectivity index (χ3n) is 5.32. The third-order valence-corrected chi connectivity index (χ3v) is 6.32. The average molecular weight is 413 g/mol. The molecule has 3 rings (SSSR count). The van der Waals surface area contributed by atoms with Crippen molar-refractivity contribution in [1.82, 2.24) is 9.80 Å². The second-order valence-corrected chi connectivity index (χ2v) is 8.41. The molecule has 1 fully saturated rings. The number of nitrogens with zero attached hydrogens (tertiary/aromatic N) is 2. The lowest BCUT2D eigenvalue weighted by Gasteiger charge is -2.35. The van der Waals surface area contributed by atoms with E-state index in [1.807, 2.05) is 9.80 Å². The molecule has 6 heteroatoms. The van der Waals surface area contributed by atoms with Crippen LogP contribution in [0.25, 0.3) is 0 Å². The van der Waals surface area contributed by atoms with Crippen molar-refractivity contribution in [2.24, 2.45) is 0 Å². The topological polar surface area (TPSA) is 49.9 Å². The van der Waals surface area contributed by atoms with E-state index in [2.05, 4.69) is 32.0 Å². The zero-order valence-electron chi connectivity index (χ0n) is 17.3. The van der Waals surface area contributed by atoms with Gasteiger partial charge >= 0.3 is 0 Å². The smallest absolute Gasteiger partial charge is 0.253 e. The van der Waals surface area contributed by atoms with Gasteiger partial charge in [0.05, 0.1) is 7.11 Å². The molecular weight excluding hydrogens is 384 g/mol. The summed E-state index contributed by atoms with van der Waals surface area (Å²) in [6.45, 7) is 6.54. The molecule has 1 aliphatic rings. The Bertz CT molecular complexity index is 859. The molecule has 0 radical (unpaired) electrons. The molecule has 2 amide bonds. The van der Waals surface area contributed by atoms with E-state index in [0.717, 1.165) is 11.5 Å². The van der Waals surface area contributed by atoms with Gasteiger partial charge in [-0.25, -0.2) is 0 Å².